The van der Waals surface area contributed by atoms with Crippen molar-refractivity contribution in [1.82, 2.24) is 9.97 Å². The number of hydrogen-bond acceptors (Lipinski definition) is 4. The van der Waals surface area contributed by atoms with Crippen LogP contribution in [0.3, 0.4) is 0 Å². The molecule has 5 heteroatoms. The maximum absolute atomic E-state index is 12.7. The second kappa shape index (κ2) is 4.84. The molecule has 0 saturated carbocycles. The fourth-order valence-corrected chi connectivity index (χ4v) is 1.78. The van der Waals surface area contributed by atoms with Crippen LogP contribution in [0.5, 0.6) is 0 Å². The van der Waals surface area contributed by atoms with Gasteiger partial charge in [-0.2, -0.15) is 4.39 Å². The standard InChI is InChI=1S/C10H10FN3S/c11-9-2-1-3-10(14-9)12-5-4-8-6-15-7-13-8/h1-3,6-7H,4-5H2,(H,12,14). The number of anilines is 1. The predicted molar refractivity (Wildman–Crippen MR) is 58.5 cm³/mol. The van der Waals surface area contributed by atoms with Gasteiger partial charge in [0.25, 0.3) is 0 Å². The molecule has 0 unspecified atom stereocenters. The first kappa shape index (κ1) is 10.0. The van der Waals surface area contributed by atoms with E-state index >= 15 is 0 Å². The van der Waals surface area contributed by atoms with Gasteiger partial charge >= 0.3 is 0 Å². The van der Waals surface area contributed by atoms with E-state index in [2.05, 4.69) is 15.3 Å². The van der Waals surface area contributed by atoms with E-state index in [9.17, 15) is 4.39 Å². The van der Waals surface area contributed by atoms with Crippen LogP contribution in [0.15, 0.2) is 29.1 Å². The summed E-state index contributed by atoms with van der Waals surface area (Å²) in [6.45, 7) is 0.709. The van der Waals surface area contributed by atoms with Gasteiger partial charge in [0, 0.05) is 18.3 Å². The summed E-state index contributed by atoms with van der Waals surface area (Å²) in [4.78, 5) is 7.85. The van der Waals surface area contributed by atoms with Gasteiger partial charge in [-0.25, -0.2) is 9.97 Å². The van der Waals surface area contributed by atoms with Crippen LogP contribution in [-0.2, 0) is 6.42 Å². The minimum atomic E-state index is -0.464. The smallest absolute Gasteiger partial charge is 0.214 e. The maximum Gasteiger partial charge on any atom is 0.214 e. The van der Waals surface area contributed by atoms with Crippen LogP contribution >= 0.6 is 11.3 Å². The molecule has 2 aromatic rings. The summed E-state index contributed by atoms with van der Waals surface area (Å²) in [5.41, 5.74) is 2.85. The highest BCUT2D eigenvalue weighted by Gasteiger charge is 1.97. The lowest BCUT2D eigenvalue weighted by Crippen LogP contribution is -2.06. The average molecular weight is 223 g/mol. The molecule has 0 radical (unpaired) electrons. The van der Waals surface area contributed by atoms with Crippen molar-refractivity contribution in [3.8, 4) is 0 Å². The maximum atomic E-state index is 12.7. The zero-order valence-corrected chi connectivity index (χ0v) is 8.80. The van der Waals surface area contributed by atoms with Crippen molar-refractivity contribution in [3.63, 3.8) is 0 Å². The SMILES string of the molecule is Fc1cccc(NCCc2cscn2)n1. The molecule has 2 rings (SSSR count). The predicted octanol–water partition coefficient (Wildman–Crippen LogP) is 2.33. The van der Waals surface area contributed by atoms with Crippen LogP contribution in [0.25, 0.3) is 0 Å². The summed E-state index contributed by atoms with van der Waals surface area (Å²) in [6.07, 6.45) is 0.821. The summed E-state index contributed by atoms with van der Waals surface area (Å²) in [5, 5.41) is 5.04. The zero-order chi connectivity index (χ0) is 10.5. The molecule has 78 valence electrons. The third-order valence-corrected chi connectivity index (χ3v) is 2.52. The van der Waals surface area contributed by atoms with Gasteiger partial charge in [-0.1, -0.05) is 6.07 Å². The lowest BCUT2D eigenvalue weighted by Gasteiger charge is -2.03. The second-order valence-electron chi connectivity index (χ2n) is 3.00. The monoisotopic (exact) mass is 223 g/mol. The minimum Gasteiger partial charge on any atom is -0.370 e. The first-order chi connectivity index (χ1) is 7.34. The van der Waals surface area contributed by atoms with Crippen molar-refractivity contribution in [2.75, 3.05) is 11.9 Å². The number of nitrogens with one attached hydrogen (secondary N) is 1. The Balaban J connectivity index is 1.83. The lowest BCUT2D eigenvalue weighted by molar-refractivity contribution is 0.585. The molecular weight excluding hydrogens is 213 g/mol. The minimum absolute atomic E-state index is 0.464. The van der Waals surface area contributed by atoms with Crippen molar-refractivity contribution in [3.05, 3.63) is 40.7 Å². The highest BCUT2D eigenvalue weighted by Crippen LogP contribution is 2.05. The number of aromatic nitrogens is 2. The fourth-order valence-electron chi connectivity index (χ4n) is 1.19. The molecule has 0 amide bonds. The number of nitrogens with zero attached hydrogens (tertiary/aromatic N) is 2. The van der Waals surface area contributed by atoms with E-state index in [1.54, 1.807) is 29.0 Å². The van der Waals surface area contributed by atoms with Gasteiger partial charge in [-0.3, -0.25) is 0 Å². The number of halogens is 1. The van der Waals surface area contributed by atoms with Crippen LogP contribution < -0.4 is 5.32 Å². The van der Waals surface area contributed by atoms with E-state index in [1.165, 1.54) is 6.07 Å². The topological polar surface area (TPSA) is 37.8 Å². The van der Waals surface area contributed by atoms with E-state index in [-0.39, 0.29) is 0 Å². The average Bonchev–Trinajstić information content (AvgIpc) is 2.71. The second-order valence-corrected chi connectivity index (χ2v) is 3.72. The van der Waals surface area contributed by atoms with Gasteiger partial charge in [0.05, 0.1) is 11.2 Å². The zero-order valence-electron chi connectivity index (χ0n) is 7.98. The molecule has 0 fully saturated rings. The Hall–Kier alpha value is -1.49. The molecule has 0 spiro atoms. The van der Waals surface area contributed by atoms with Gasteiger partial charge in [-0.15, -0.1) is 11.3 Å². The highest BCUT2D eigenvalue weighted by molar-refractivity contribution is 7.07. The Kier molecular flexibility index (Phi) is 3.24. The number of thiazole rings is 1. The molecule has 0 saturated heterocycles. The molecule has 2 heterocycles. The van der Waals surface area contributed by atoms with Gasteiger partial charge in [0.15, 0.2) is 0 Å². The Morgan fingerprint density at radius 2 is 2.33 bits per heavy atom. The third-order valence-electron chi connectivity index (χ3n) is 1.89. The first-order valence-electron chi connectivity index (χ1n) is 4.58. The van der Waals surface area contributed by atoms with Crippen LogP contribution in [0.2, 0.25) is 0 Å². The van der Waals surface area contributed by atoms with Crippen molar-refractivity contribution in [1.29, 1.82) is 0 Å². The molecule has 15 heavy (non-hydrogen) atoms. The third kappa shape index (κ3) is 2.99. The molecule has 0 bridgehead atoms. The summed E-state index contributed by atoms with van der Waals surface area (Å²) in [6, 6.07) is 4.70. The molecule has 0 aliphatic rings. The Morgan fingerprint density at radius 1 is 1.40 bits per heavy atom. The number of rotatable bonds is 4. The summed E-state index contributed by atoms with van der Waals surface area (Å²) in [5.74, 6) is 0.0962. The molecular formula is C10H10FN3S. The van der Waals surface area contributed by atoms with Crippen LogP contribution in [-0.4, -0.2) is 16.5 Å². The van der Waals surface area contributed by atoms with E-state index in [1.807, 2.05) is 5.38 Å². The van der Waals surface area contributed by atoms with Gasteiger partial charge < -0.3 is 5.32 Å². The van der Waals surface area contributed by atoms with E-state index < -0.39 is 5.95 Å². The van der Waals surface area contributed by atoms with Crippen molar-refractivity contribution < 1.29 is 4.39 Å². The number of hydrogen-bond donors (Lipinski definition) is 1. The summed E-state index contributed by atoms with van der Waals surface area (Å²) >= 11 is 1.57. The van der Waals surface area contributed by atoms with Gasteiger partial charge in [0.2, 0.25) is 5.95 Å². The Labute approximate surface area is 91.0 Å². The quantitative estimate of drug-likeness (QED) is 0.808. The van der Waals surface area contributed by atoms with Crippen LogP contribution in [0, 0.1) is 5.95 Å². The largest absolute Gasteiger partial charge is 0.370 e. The molecule has 1 N–H and O–H groups in total. The van der Waals surface area contributed by atoms with Gasteiger partial charge in [0.1, 0.15) is 5.82 Å². The van der Waals surface area contributed by atoms with E-state index in [0.717, 1.165) is 12.1 Å². The Morgan fingerprint density at radius 3 is 3.07 bits per heavy atom. The molecule has 2 aromatic heterocycles. The fraction of sp³-hybridized carbons (Fsp3) is 0.200. The normalized spacial score (nSPS) is 10.2. The molecule has 0 aliphatic heterocycles. The molecule has 0 aliphatic carbocycles. The van der Waals surface area contributed by atoms with Crippen molar-refractivity contribution >= 4 is 17.2 Å². The highest BCUT2D eigenvalue weighted by atomic mass is 32.1. The molecule has 3 nitrogen and oxygen atoms in total. The number of pyridine rings is 1. The van der Waals surface area contributed by atoms with Crippen LogP contribution in [0.4, 0.5) is 10.2 Å². The van der Waals surface area contributed by atoms with E-state index in [4.69, 9.17) is 0 Å². The molecule has 0 aromatic carbocycles. The van der Waals surface area contributed by atoms with Crippen molar-refractivity contribution in [2.45, 2.75) is 6.42 Å². The van der Waals surface area contributed by atoms with Gasteiger partial charge in [-0.05, 0) is 12.1 Å². The Bertz CT molecular complexity index is 416. The van der Waals surface area contributed by atoms with Crippen molar-refractivity contribution in [2.24, 2.45) is 0 Å². The summed E-state index contributed by atoms with van der Waals surface area (Å²) in [7, 11) is 0. The lowest BCUT2D eigenvalue weighted by atomic mass is 10.3. The van der Waals surface area contributed by atoms with Crippen LogP contribution in [0.1, 0.15) is 5.69 Å². The van der Waals surface area contributed by atoms with E-state index in [0.29, 0.717) is 12.4 Å². The molecule has 0 atom stereocenters. The summed E-state index contributed by atoms with van der Waals surface area (Å²) < 4.78 is 12.7. The first-order valence-corrected chi connectivity index (χ1v) is 5.52.